The summed E-state index contributed by atoms with van der Waals surface area (Å²) in [5.41, 5.74) is 8.62. The number of hydrogen-bond donors (Lipinski definition) is 1. The summed E-state index contributed by atoms with van der Waals surface area (Å²) >= 11 is 1.56. The number of carbonyl (C=O) groups excluding carboxylic acids is 1. The summed E-state index contributed by atoms with van der Waals surface area (Å²) in [5, 5.41) is 1.99. The fourth-order valence-electron chi connectivity index (χ4n) is 2.31. The number of thiazole rings is 1. The molecule has 1 aromatic rings. The molecule has 0 bridgehead atoms. The second-order valence-electron chi connectivity index (χ2n) is 4.79. The van der Waals surface area contributed by atoms with Gasteiger partial charge in [-0.05, 0) is 25.7 Å². The van der Waals surface area contributed by atoms with Crippen LogP contribution < -0.4 is 5.73 Å². The quantitative estimate of drug-likeness (QED) is 0.890. The molecule has 1 aliphatic rings. The van der Waals surface area contributed by atoms with E-state index in [-0.39, 0.29) is 11.8 Å². The Morgan fingerprint density at radius 2 is 2.24 bits per heavy atom. The SMILES string of the molecule is CN(Cc1cscn1)C(=O)C1CCC(N)CC1. The van der Waals surface area contributed by atoms with Gasteiger partial charge in [0.05, 0.1) is 17.7 Å². The fourth-order valence-corrected chi connectivity index (χ4v) is 2.86. The lowest BCUT2D eigenvalue weighted by Gasteiger charge is -2.28. The van der Waals surface area contributed by atoms with Crippen LogP contribution in [0.1, 0.15) is 31.4 Å². The largest absolute Gasteiger partial charge is 0.340 e. The second-order valence-corrected chi connectivity index (χ2v) is 5.50. The van der Waals surface area contributed by atoms with Gasteiger partial charge in [0, 0.05) is 24.4 Å². The van der Waals surface area contributed by atoms with Crippen LogP contribution in [0.25, 0.3) is 0 Å². The first kappa shape index (κ1) is 12.5. The van der Waals surface area contributed by atoms with Gasteiger partial charge in [-0.3, -0.25) is 4.79 Å². The molecule has 1 aromatic heterocycles. The van der Waals surface area contributed by atoms with Gasteiger partial charge in [-0.1, -0.05) is 0 Å². The lowest BCUT2D eigenvalue weighted by molar-refractivity contribution is -0.135. The molecule has 2 rings (SSSR count). The number of amides is 1. The number of nitrogens with two attached hydrogens (primary N) is 1. The van der Waals surface area contributed by atoms with E-state index in [1.165, 1.54) is 0 Å². The Morgan fingerprint density at radius 1 is 1.53 bits per heavy atom. The van der Waals surface area contributed by atoms with E-state index < -0.39 is 0 Å². The Morgan fingerprint density at radius 3 is 2.82 bits per heavy atom. The number of hydrogen-bond acceptors (Lipinski definition) is 4. The summed E-state index contributed by atoms with van der Waals surface area (Å²) in [4.78, 5) is 18.2. The summed E-state index contributed by atoms with van der Waals surface area (Å²) in [6.07, 6.45) is 3.81. The maximum absolute atomic E-state index is 12.2. The van der Waals surface area contributed by atoms with Gasteiger partial charge >= 0.3 is 0 Å². The highest BCUT2D eigenvalue weighted by atomic mass is 32.1. The molecule has 0 aliphatic heterocycles. The molecule has 0 unspecified atom stereocenters. The predicted octanol–water partition coefficient (Wildman–Crippen LogP) is 1.62. The van der Waals surface area contributed by atoms with E-state index in [4.69, 9.17) is 5.73 Å². The maximum atomic E-state index is 12.2. The van der Waals surface area contributed by atoms with Gasteiger partial charge in [0.25, 0.3) is 0 Å². The molecule has 2 N–H and O–H groups in total. The Bertz CT molecular complexity index is 358. The molecule has 1 amide bonds. The zero-order chi connectivity index (χ0) is 12.3. The molecule has 0 aromatic carbocycles. The summed E-state index contributed by atoms with van der Waals surface area (Å²) in [6, 6.07) is 0.294. The molecule has 0 saturated heterocycles. The molecular formula is C12H19N3OS. The van der Waals surface area contributed by atoms with E-state index in [0.717, 1.165) is 31.4 Å². The number of aromatic nitrogens is 1. The average molecular weight is 253 g/mol. The van der Waals surface area contributed by atoms with Crippen LogP contribution in [-0.4, -0.2) is 28.9 Å². The first-order valence-corrected chi connectivity index (χ1v) is 6.98. The second kappa shape index (κ2) is 5.60. The van der Waals surface area contributed by atoms with Crippen LogP contribution in [0.15, 0.2) is 10.9 Å². The topological polar surface area (TPSA) is 59.2 Å². The van der Waals surface area contributed by atoms with Crippen molar-refractivity contribution in [3.63, 3.8) is 0 Å². The Kier molecular flexibility index (Phi) is 4.12. The fraction of sp³-hybridized carbons (Fsp3) is 0.667. The summed E-state index contributed by atoms with van der Waals surface area (Å²) in [6.45, 7) is 0.616. The molecular weight excluding hydrogens is 234 g/mol. The van der Waals surface area contributed by atoms with Crippen LogP contribution in [-0.2, 0) is 11.3 Å². The minimum Gasteiger partial charge on any atom is -0.340 e. The molecule has 4 nitrogen and oxygen atoms in total. The van der Waals surface area contributed by atoms with Crippen molar-refractivity contribution in [2.45, 2.75) is 38.3 Å². The smallest absolute Gasteiger partial charge is 0.225 e. The van der Waals surface area contributed by atoms with Crippen LogP contribution >= 0.6 is 11.3 Å². The van der Waals surface area contributed by atoms with Crippen molar-refractivity contribution in [2.75, 3.05) is 7.05 Å². The molecule has 1 aliphatic carbocycles. The van der Waals surface area contributed by atoms with E-state index >= 15 is 0 Å². The monoisotopic (exact) mass is 253 g/mol. The highest BCUT2D eigenvalue weighted by Gasteiger charge is 2.26. The normalized spacial score (nSPS) is 24.6. The van der Waals surface area contributed by atoms with Crippen molar-refractivity contribution in [3.05, 3.63) is 16.6 Å². The van der Waals surface area contributed by atoms with Crippen molar-refractivity contribution in [1.82, 2.24) is 9.88 Å². The first-order chi connectivity index (χ1) is 8.16. The number of rotatable bonds is 3. The van der Waals surface area contributed by atoms with Crippen molar-refractivity contribution >= 4 is 17.2 Å². The first-order valence-electron chi connectivity index (χ1n) is 6.04. The molecule has 94 valence electrons. The van der Waals surface area contributed by atoms with E-state index in [1.807, 2.05) is 12.4 Å². The molecule has 5 heteroatoms. The minimum absolute atomic E-state index is 0.165. The molecule has 17 heavy (non-hydrogen) atoms. The Labute approximate surface area is 106 Å². The van der Waals surface area contributed by atoms with Crippen LogP contribution in [0.2, 0.25) is 0 Å². The molecule has 0 atom stereocenters. The molecule has 0 radical (unpaired) electrons. The lowest BCUT2D eigenvalue weighted by Crippen LogP contribution is -2.37. The van der Waals surface area contributed by atoms with Gasteiger partial charge in [0.15, 0.2) is 0 Å². The van der Waals surface area contributed by atoms with Gasteiger partial charge in [-0.15, -0.1) is 11.3 Å². The zero-order valence-electron chi connectivity index (χ0n) is 10.1. The van der Waals surface area contributed by atoms with Crippen LogP contribution in [0.3, 0.4) is 0 Å². The van der Waals surface area contributed by atoms with E-state index in [1.54, 1.807) is 21.7 Å². The van der Waals surface area contributed by atoms with Gasteiger partial charge in [0.1, 0.15) is 0 Å². The molecule has 1 saturated carbocycles. The predicted molar refractivity (Wildman–Crippen MR) is 68.5 cm³/mol. The summed E-state index contributed by atoms with van der Waals surface area (Å²) in [5.74, 6) is 0.406. The van der Waals surface area contributed by atoms with Crippen LogP contribution in [0, 0.1) is 5.92 Å². The third-order valence-electron chi connectivity index (χ3n) is 3.38. The van der Waals surface area contributed by atoms with Gasteiger partial charge < -0.3 is 10.6 Å². The van der Waals surface area contributed by atoms with Crippen molar-refractivity contribution in [3.8, 4) is 0 Å². The van der Waals surface area contributed by atoms with E-state index in [9.17, 15) is 4.79 Å². The number of carbonyl (C=O) groups is 1. The summed E-state index contributed by atoms with van der Waals surface area (Å²) in [7, 11) is 1.86. The van der Waals surface area contributed by atoms with Gasteiger partial charge in [-0.2, -0.15) is 0 Å². The highest BCUT2D eigenvalue weighted by Crippen LogP contribution is 2.25. The van der Waals surface area contributed by atoms with Crippen molar-refractivity contribution in [1.29, 1.82) is 0 Å². The Hall–Kier alpha value is -0.940. The van der Waals surface area contributed by atoms with Gasteiger partial charge in [-0.25, -0.2) is 4.98 Å². The van der Waals surface area contributed by atoms with Gasteiger partial charge in [0.2, 0.25) is 5.91 Å². The maximum Gasteiger partial charge on any atom is 0.225 e. The molecule has 1 fully saturated rings. The Balaban J connectivity index is 1.86. The molecule has 0 spiro atoms. The third kappa shape index (κ3) is 3.26. The summed E-state index contributed by atoms with van der Waals surface area (Å²) < 4.78 is 0. The minimum atomic E-state index is 0.165. The zero-order valence-corrected chi connectivity index (χ0v) is 10.9. The van der Waals surface area contributed by atoms with Crippen LogP contribution in [0.5, 0.6) is 0 Å². The molecule has 1 heterocycles. The van der Waals surface area contributed by atoms with E-state index in [2.05, 4.69) is 4.98 Å². The number of nitrogens with zero attached hydrogens (tertiary/aromatic N) is 2. The third-order valence-corrected chi connectivity index (χ3v) is 4.02. The average Bonchev–Trinajstić information content (AvgIpc) is 2.82. The standard InChI is InChI=1S/C12H19N3OS/c1-15(6-11-7-17-8-14-11)12(16)9-2-4-10(13)5-3-9/h7-10H,2-6,13H2,1H3. The highest BCUT2D eigenvalue weighted by molar-refractivity contribution is 7.07. The van der Waals surface area contributed by atoms with Crippen molar-refractivity contribution < 1.29 is 4.79 Å². The lowest BCUT2D eigenvalue weighted by atomic mass is 9.85. The van der Waals surface area contributed by atoms with E-state index in [0.29, 0.717) is 12.6 Å². The van der Waals surface area contributed by atoms with Crippen molar-refractivity contribution in [2.24, 2.45) is 11.7 Å². The van der Waals surface area contributed by atoms with Crippen LogP contribution in [0.4, 0.5) is 0 Å².